The van der Waals surface area contributed by atoms with Gasteiger partial charge in [0.15, 0.2) is 0 Å². The Morgan fingerprint density at radius 3 is 2.31 bits per heavy atom. The van der Waals surface area contributed by atoms with Gasteiger partial charge in [0.05, 0.1) is 5.54 Å². The highest BCUT2D eigenvalue weighted by Crippen LogP contribution is 2.44. The number of benzene rings is 1. The van der Waals surface area contributed by atoms with Gasteiger partial charge in [-0.05, 0) is 37.0 Å². The third kappa shape index (κ3) is 6.68. The molecule has 32 heavy (non-hydrogen) atoms. The molecule has 2 rings (SSSR count). The zero-order valence-electron chi connectivity index (χ0n) is 20.1. The lowest BCUT2D eigenvalue weighted by Gasteiger charge is -2.34. The van der Waals surface area contributed by atoms with E-state index in [1.807, 2.05) is 30.3 Å². The number of carbonyl (C=O) groups is 3. The van der Waals surface area contributed by atoms with Crippen molar-refractivity contribution in [2.75, 3.05) is 11.4 Å². The average Bonchev–Trinajstić information content (AvgIpc) is 3.05. The first-order valence-corrected chi connectivity index (χ1v) is 11.7. The van der Waals surface area contributed by atoms with Crippen LogP contribution >= 0.6 is 0 Å². The van der Waals surface area contributed by atoms with Gasteiger partial charge in [-0.25, -0.2) is 0 Å². The molecule has 0 bridgehead atoms. The van der Waals surface area contributed by atoms with Crippen LogP contribution in [0, 0.1) is 5.92 Å². The van der Waals surface area contributed by atoms with Crippen molar-refractivity contribution in [2.24, 2.45) is 5.92 Å². The number of anilines is 1. The van der Waals surface area contributed by atoms with Crippen LogP contribution in [0.4, 0.5) is 5.69 Å². The van der Waals surface area contributed by atoms with Crippen molar-refractivity contribution in [1.82, 2.24) is 5.32 Å². The predicted octanol–water partition coefficient (Wildman–Crippen LogP) is 4.78. The van der Waals surface area contributed by atoms with Gasteiger partial charge in [-0.2, -0.15) is 0 Å². The predicted molar refractivity (Wildman–Crippen MR) is 127 cm³/mol. The summed E-state index contributed by atoms with van der Waals surface area (Å²) in [5, 5.41) is 3.22. The SMILES string of the molecule is CCC/C=C(\CCC)C1(NC(C)=O)C[C@@H](CN(C(C)=O)c2ccccc2)[C@H](OC(C)=O)C1. The quantitative estimate of drug-likeness (QED) is 0.418. The Labute approximate surface area is 192 Å². The Morgan fingerprint density at radius 1 is 1.09 bits per heavy atom. The maximum atomic E-state index is 12.5. The Balaban J connectivity index is 2.45. The number of ether oxygens (including phenoxy) is 1. The van der Waals surface area contributed by atoms with Crippen LogP contribution in [0.15, 0.2) is 42.0 Å². The number of hydrogen-bond acceptors (Lipinski definition) is 4. The first kappa shape index (κ1) is 25.6. The van der Waals surface area contributed by atoms with Crippen molar-refractivity contribution in [3.8, 4) is 0 Å². The highest BCUT2D eigenvalue weighted by molar-refractivity contribution is 5.91. The lowest BCUT2D eigenvalue weighted by molar-refractivity contribution is -0.147. The van der Waals surface area contributed by atoms with E-state index in [-0.39, 0.29) is 29.8 Å². The van der Waals surface area contributed by atoms with Gasteiger partial charge in [0.25, 0.3) is 0 Å². The molecule has 0 saturated heterocycles. The standard InChI is InChI=1S/C26H38N2O4/c1-6-8-13-23(12-7-2)26(27-19(3)29)16-22(25(17-26)32-21(5)31)18-28(20(4)30)24-14-10-9-11-15-24/h9-11,13-15,22,25H,6-8,12,16-18H2,1-5H3,(H,27,29)/b23-13+/t22-,25+,26?/m0/s1. The van der Waals surface area contributed by atoms with E-state index in [1.54, 1.807) is 11.8 Å². The van der Waals surface area contributed by atoms with E-state index in [1.165, 1.54) is 19.4 Å². The minimum atomic E-state index is -0.569. The second kappa shape index (κ2) is 11.8. The van der Waals surface area contributed by atoms with Gasteiger partial charge in [0.2, 0.25) is 11.8 Å². The van der Waals surface area contributed by atoms with Crippen LogP contribution in [0.25, 0.3) is 0 Å². The normalized spacial score (nSPS) is 23.0. The van der Waals surface area contributed by atoms with Crippen LogP contribution in [0.3, 0.4) is 0 Å². The van der Waals surface area contributed by atoms with Crippen LogP contribution in [0.1, 0.15) is 73.1 Å². The minimum absolute atomic E-state index is 0.0647. The molecular formula is C26H38N2O4. The van der Waals surface area contributed by atoms with Gasteiger partial charge in [-0.3, -0.25) is 14.4 Å². The second-order valence-corrected chi connectivity index (χ2v) is 8.81. The Morgan fingerprint density at radius 2 is 1.78 bits per heavy atom. The van der Waals surface area contributed by atoms with Gasteiger partial charge in [0.1, 0.15) is 6.10 Å². The number of carbonyl (C=O) groups excluding carboxylic acids is 3. The molecule has 6 nitrogen and oxygen atoms in total. The maximum absolute atomic E-state index is 12.5. The molecule has 1 N–H and O–H groups in total. The molecule has 3 atom stereocenters. The molecule has 1 aliphatic carbocycles. The first-order chi connectivity index (χ1) is 15.2. The average molecular weight is 443 g/mol. The summed E-state index contributed by atoms with van der Waals surface area (Å²) in [6, 6.07) is 9.52. The number of amides is 2. The van der Waals surface area contributed by atoms with Crippen molar-refractivity contribution in [1.29, 1.82) is 0 Å². The Hall–Kier alpha value is -2.63. The molecule has 0 aliphatic heterocycles. The summed E-state index contributed by atoms with van der Waals surface area (Å²) in [4.78, 5) is 38.4. The zero-order chi connectivity index (χ0) is 23.7. The van der Waals surface area contributed by atoms with Crippen LogP contribution in [-0.4, -0.2) is 36.0 Å². The fourth-order valence-corrected chi connectivity index (χ4v) is 4.87. The lowest BCUT2D eigenvalue weighted by Crippen LogP contribution is -2.48. The van der Waals surface area contributed by atoms with Crippen LogP contribution in [0.5, 0.6) is 0 Å². The Kier molecular flexibility index (Phi) is 9.48. The summed E-state index contributed by atoms with van der Waals surface area (Å²) in [5.74, 6) is -0.610. The summed E-state index contributed by atoms with van der Waals surface area (Å²) in [7, 11) is 0. The van der Waals surface area contributed by atoms with Gasteiger partial charge in [-0.1, -0.05) is 51.0 Å². The monoisotopic (exact) mass is 442 g/mol. The number of hydrogen-bond donors (Lipinski definition) is 1. The first-order valence-electron chi connectivity index (χ1n) is 11.7. The smallest absolute Gasteiger partial charge is 0.302 e. The molecule has 6 heteroatoms. The van der Waals surface area contributed by atoms with Crippen molar-refractivity contribution in [3.05, 3.63) is 42.0 Å². The molecule has 1 unspecified atom stereocenters. The molecule has 2 amide bonds. The van der Waals surface area contributed by atoms with Gasteiger partial charge in [-0.15, -0.1) is 0 Å². The molecule has 1 saturated carbocycles. The van der Waals surface area contributed by atoms with E-state index < -0.39 is 5.54 Å². The van der Waals surface area contributed by atoms with Crippen LogP contribution in [-0.2, 0) is 19.1 Å². The second-order valence-electron chi connectivity index (χ2n) is 8.81. The van der Waals surface area contributed by atoms with Crippen molar-refractivity contribution >= 4 is 23.5 Å². The number of nitrogens with zero attached hydrogens (tertiary/aromatic N) is 1. The molecule has 1 aromatic rings. The zero-order valence-corrected chi connectivity index (χ0v) is 20.1. The van der Waals surface area contributed by atoms with Crippen molar-refractivity contribution < 1.29 is 19.1 Å². The van der Waals surface area contributed by atoms with E-state index in [2.05, 4.69) is 25.2 Å². The largest absolute Gasteiger partial charge is 0.462 e. The lowest BCUT2D eigenvalue weighted by atomic mass is 9.83. The maximum Gasteiger partial charge on any atom is 0.302 e. The van der Waals surface area contributed by atoms with Gasteiger partial charge >= 0.3 is 5.97 Å². The van der Waals surface area contributed by atoms with E-state index >= 15 is 0 Å². The highest BCUT2D eigenvalue weighted by atomic mass is 16.5. The summed E-state index contributed by atoms with van der Waals surface area (Å²) >= 11 is 0. The van der Waals surface area contributed by atoms with E-state index in [0.29, 0.717) is 19.4 Å². The molecule has 0 heterocycles. The van der Waals surface area contributed by atoms with E-state index in [9.17, 15) is 14.4 Å². The van der Waals surface area contributed by atoms with Gasteiger partial charge in [0, 0.05) is 45.3 Å². The summed E-state index contributed by atoms with van der Waals surface area (Å²) in [6.07, 6.45) is 6.79. The van der Waals surface area contributed by atoms with Crippen LogP contribution < -0.4 is 10.2 Å². The van der Waals surface area contributed by atoms with E-state index in [0.717, 1.165) is 31.4 Å². The number of nitrogens with one attached hydrogen (secondary N) is 1. The number of esters is 1. The third-order valence-corrected chi connectivity index (χ3v) is 6.10. The number of para-hydroxylation sites is 1. The summed E-state index contributed by atoms with van der Waals surface area (Å²) < 4.78 is 5.75. The minimum Gasteiger partial charge on any atom is -0.462 e. The number of unbranched alkanes of at least 4 members (excludes halogenated alkanes) is 1. The highest BCUT2D eigenvalue weighted by Gasteiger charge is 2.49. The third-order valence-electron chi connectivity index (χ3n) is 6.10. The topological polar surface area (TPSA) is 75.7 Å². The van der Waals surface area contributed by atoms with Crippen molar-refractivity contribution in [2.45, 2.75) is 84.8 Å². The van der Waals surface area contributed by atoms with Crippen molar-refractivity contribution in [3.63, 3.8) is 0 Å². The molecule has 1 aliphatic rings. The number of allylic oxidation sites excluding steroid dienone is 1. The Bertz CT molecular complexity index is 820. The molecule has 0 radical (unpaired) electrons. The molecule has 176 valence electrons. The molecule has 1 fully saturated rings. The molecule has 0 spiro atoms. The van der Waals surface area contributed by atoms with Crippen LogP contribution in [0.2, 0.25) is 0 Å². The molecule has 1 aromatic carbocycles. The number of rotatable bonds is 10. The van der Waals surface area contributed by atoms with Gasteiger partial charge < -0.3 is 15.0 Å². The fraction of sp³-hybridized carbons (Fsp3) is 0.577. The summed E-state index contributed by atoms with van der Waals surface area (Å²) in [5.41, 5.74) is 1.45. The summed E-state index contributed by atoms with van der Waals surface area (Å²) in [6.45, 7) is 9.18. The fourth-order valence-electron chi connectivity index (χ4n) is 4.87. The van der Waals surface area contributed by atoms with E-state index in [4.69, 9.17) is 4.74 Å². The molecular weight excluding hydrogens is 404 g/mol. The molecule has 0 aromatic heterocycles.